The van der Waals surface area contributed by atoms with E-state index in [1.165, 1.54) is 36.0 Å². The number of fused-ring (bicyclic) bond motifs is 1. The number of hydrogen-bond acceptors (Lipinski definition) is 8. The molecule has 38 heavy (non-hydrogen) atoms. The largest absolute Gasteiger partial charge is 0.453 e. The molecule has 3 N–H and O–H groups in total. The molecule has 0 unspecified atom stereocenters. The van der Waals surface area contributed by atoms with Gasteiger partial charge in [-0.2, -0.15) is 5.26 Å². The van der Waals surface area contributed by atoms with Gasteiger partial charge < -0.3 is 9.64 Å². The average molecular weight is 544 g/mol. The fourth-order valence-corrected chi connectivity index (χ4v) is 6.08. The van der Waals surface area contributed by atoms with Crippen LogP contribution in [0.2, 0.25) is 0 Å². The number of rotatable bonds is 9. The van der Waals surface area contributed by atoms with Gasteiger partial charge in [-0.3, -0.25) is 28.0 Å². The van der Waals surface area contributed by atoms with Gasteiger partial charge in [0.05, 0.1) is 28.2 Å². The minimum absolute atomic E-state index is 0.0520. The molecule has 4 rings (SSSR count). The quantitative estimate of drug-likeness (QED) is 0.339. The SMILES string of the molecule is CC(=O)N(C)CCCn1cnc2ccc(Oc3c(F)ccc(NS(O)(O)C4CCCC4)c3C#N)cc2c1=O. The summed E-state index contributed by atoms with van der Waals surface area (Å²) in [6, 6.07) is 8.74. The molecular weight excluding hydrogens is 513 g/mol. The summed E-state index contributed by atoms with van der Waals surface area (Å²) >= 11 is 0. The molecule has 0 saturated heterocycles. The van der Waals surface area contributed by atoms with Crippen molar-refractivity contribution in [3.8, 4) is 17.6 Å². The highest BCUT2D eigenvalue weighted by molar-refractivity contribution is 8.25. The third-order valence-electron chi connectivity index (χ3n) is 6.69. The number of aryl methyl sites for hydroxylation is 1. The van der Waals surface area contributed by atoms with E-state index in [-0.39, 0.29) is 39.1 Å². The van der Waals surface area contributed by atoms with Crippen LogP contribution in [0.15, 0.2) is 41.5 Å². The second-order valence-electron chi connectivity index (χ2n) is 9.33. The average Bonchev–Trinajstić information content (AvgIpc) is 3.44. The molecule has 0 aliphatic heterocycles. The lowest BCUT2D eigenvalue weighted by molar-refractivity contribution is -0.127. The van der Waals surface area contributed by atoms with Crippen molar-refractivity contribution in [1.82, 2.24) is 14.5 Å². The minimum atomic E-state index is -3.26. The Labute approximate surface area is 221 Å². The van der Waals surface area contributed by atoms with E-state index in [9.17, 15) is 28.3 Å². The van der Waals surface area contributed by atoms with Crippen LogP contribution in [-0.2, 0) is 11.3 Å². The van der Waals surface area contributed by atoms with E-state index in [0.717, 1.165) is 18.9 Å². The molecule has 1 aromatic heterocycles. The molecule has 1 amide bonds. The number of benzene rings is 2. The van der Waals surface area contributed by atoms with Crippen LogP contribution in [0.25, 0.3) is 10.9 Å². The van der Waals surface area contributed by atoms with Gasteiger partial charge >= 0.3 is 0 Å². The first-order valence-electron chi connectivity index (χ1n) is 12.3. The van der Waals surface area contributed by atoms with Crippen molar-refractivity contribution in [2.24, 2.45) is 0 Å². The van der Waals surface area contributed by atoms with Gasteiger partial charge in [-0.25, -0.2) is 9.37 Å². The maximum atomic E-state index is 14.8. The van der Waals surface area contributed by atoms with Crippen molar-refractivity contribution in [3.63, 3.8) is 0 Å². The van der Waals surface area contributed by atoms with Crippen molar-refractivity contribution in [2.75, 3.05) is 18.3 Å². The zero-order valence-electron chi connectivity index (χ0n) is 21.2. The number of carbonyl (C=O) groups excluding carboxylic acids is 1. The number of ether oxygens (including phenoxy) is 1. The van der Waals surface area contributed by atoms with E-state index in [4.69, 9.17) is 4.74 Å². The standard InChI is InChI=1S/C26H30FN5O5S/c1-17(33)31(2)12-5-13-32-16-29-23-10-8-18(14-20(23)26(32)34)37-25-21(15-28)24(11-9-22(25)27)30-38(35,36)19-6-3-4-7-19/h8-11,14,16,19,30,35-36H,3-7,12-13H2,1-2H3. The van der Waals surface area contributed by atoms with E-state index < -0.39 is 22.3 Å². The number of carbonyl (C=O) groups is 1. The lowest BCUT2D eigenvalue weighted by Crippen LogP contribution is -2.27. The Hall–Kier alpha value is -3.66. The molecule has 1 aliphatic carbocycles. The molecule has 1 aliphatic rings. The first-order valence-corrected chi connectivity index (χ1v) is 13.9. The van der Waals surface area contributed by atoms with Crippen LogP contribution in [0.5, 0.6) is 11.5 Å². The number of hydrogen-bond donors (Lipinski definition) is 3. The van der Waals surface area contributed by atoms with Crippen molar-refractivity contribution in [2.45, 2.75) is 50.8 Å². The molecule has 10 nitrogen and oxygen atoms in total. The van der Waals surface area contributed by atoms with Crippen LogP contribution in [0.3, 0.4) is 0 Å². The Morgan fingerprint density at radius 2 is 2.05 bits per heavy atom. The molecule has 0 spiro atoms. The highest BCUT2D eigenvalue weighted by atomic mass is 32.3. The fraction of sp³-hybridized carbons (Fsp3) is 0.385. The van der Waals surface area contributed by atoms with E-state index >= 15 is 0 Å². The van der Waals surface area contributed by atoms with Crippen molar-refractivity contribution in [1.29, 1.82) is 5.26 Å². The van der Waals surface area contributed by atoms with Crippen LogP contribution >= 0.6 is 10.8 Å². The number of aromatic nitrogens is 2. The smallest absolute Gasteiger partial charge is 0.261 e. The number of nitriles is 1. The second-order valence-corrected chi connectivity index (χ2v) is 11.4. The minimum Gasteiger partial charge on any atom is -0.453 e. The maximum absolute atomic E-state index is 14.8. The number of nitrogens with one attached hydrogen (secondary N) is 1. The molecule has 1 fully saturated rings. The molecule has 202 valence electrons. The van der Waals surface area contributed by atoms with E-state index in [0.29, 0.717) is 37.9 Å². The summed E-state index contributed by atoms with van der Waals surface area (Å²) < 4.78 is 46.0. The topological polar surface area (TPSA) is 141 Å². The van der Waals surface area contributed by atoms with Gasteiger partial charge in [0.2, 0.25) is 5.91 Å². The summed E-state index contributed by atoms with van der Waals surface area (Å²) in [5, 5.41) is 9.69. The predicted molar refractivity (Wildman–Crippen MR) is 144 cm³/mol. The van der Waals surface area contributed by atoms with Gasteiger partial charge in [-0.1, -0.05) is 12.8 Å². The summed E-state index contributed by atoms with van der Waals surface area (Å²) in [5.74, 6) is -1.17. The van der Waals surface area contributed by atoms with Crippen molar-refractivity contribution in [3.05, 3.63) is 58.4 Å². The molecule has 1 heterocycles. The normalized spacial score (nSPS) is 14.3. The van der Waals surface area contributed by atoms with Crippen molar-refractivity contribution >= 4 is 33.3 Å². The van der Waals surface area contributed by atoms with Gasteiger partial charge in [0.15, 0.2) is 11.6 Å². The Kier molecular flexibility index (Phi) is 8.20. The van der Waals surface area contributed by atoms with Crippen LogP contribution in [0, 0.1) is 17.1 Å². The zero-order valence-corrected chi connectivity index (χ0v) is 22.0. The molecule has 0 atom stereocenters. The Bertz CT molecular complexity index is 1450. The monoisotopic (exact) mass is 543 g/mol. The summed E-state index contributed by atoms with van der Waals surface area (Å²) in [4.78, 5) is 30.3. The number of halogens is 1. The number of anilines is 1. The fourth-order valence-electron chi connectivity index (χ4n) is 4.43. The molecule has 3 aromatic rings. The number of amides is 1. The van der Waals surface area contributed by atoms with Gasteiger partial charge in [-0.15, -0.1) is 10.8 Å². The molecule has 0 radical (unpaired) electrons. The van der Waals surface area contributed by atoms with E-state index in [2.05, 4.69) is 9.71 Å². The molecule has 12 heteroatoms. The van der Waals surface area contributed by atoms with Crippen LogP contribution in [-0.4, -0.2) is 48.3 Å². The summed E-state index contributed by atoms with van der Waals surface area (Å²) in [5.41, 5.74) is -0.0772. The first kappa shape index (κ1) is 27.4. The molecule has 1 saturated carbocycles. The first-order chi connectivity index (χ1) is 18.1. The lowest BCUT2D eigenvalue weighted by Gasteiger charge is -2.39. The summed E-state index contributed by atoms with van der Waals surface area (Å²) in [6.07, 6.45) is 5.06. The predicted octanol–water partition coefficient (Wildman–Crippen LogP) is 5.09. The Balaban J connectivity index is 1.60. The van der Waals surface area contributed by atoms with Gasteiger partial charge in [0.1, 0.15) is 17.4 Å². The molecular formula is C26H30FN5O5S. The zero-order chi connectivity index (χ0) is 27.4. The van der Waals surface area contributed by atoms with Gasteiger partial charge in [0.25, 0.3) is 5.56 Å². The molecule has 2 aromatic carbocycles. The summed E-state index contributed by atoms with van der Waals surface area (Å²) in [7, 11) is -1.57. The van der Waals surface area contributed by atoms with Crippen LogP contribution < -0.4 is 15.0 Å². The van der Waals surface area contributed by atoms with Crippen molar-refractivity contribution < 1.29 is 23.0 Å². The summed E-state index contributed by atoms with van der Waals surface area (Å²) in [6.45, 7) is 2.30. The Morgan fingerprint density at radius 3 is 2.74 bits per heavy atom. The van der Waals surface area contributed by atoms with Gasteiger partial charge in [0, 0.05) is 27.1 Å². The molecule has 0 bridgehead atoms. The van der Waals surface area contributed by atoms with Crippen LogP contribution in [0.4, 0.5) is 10.1 Å². The van der Waals surface area contributed by atoms with Gasteiger partial charge in [-0.05, 0) is 49.6 Å². The second kappa shape index (κ2) is 11.4. The number of nitrogens with zero attached hydrogens (tertiary/aromatic N) is 4. The maximum Gasteiger partial charge on any atom is 0.261 e. The van der Waals surface area contributed by atoms with E-state index in [1.54, 1.807) is 18.0 Å². The van der Waals surface area contributed by atoms with Crippen LogP contribution in [0.1, 0.15) is 44.6 Å². The highest BCUT2D eigenvalue weighted by Gasteiger charge is 2.30. The lowest BCUT2D eigenvalue weighted by atomic mass is 10.1. The van der Waals surface area contributed by atoms with E-state index in [1.807, 2.05) is 6.07 Å². The third kappa shape index (κ3) is 5.91. The highest BCUT2D eigenvalue weighted by Crippen LogP contribution is 2.51. The Morgan fingerprint density at radius 1 is 1.32 bits per heavy atom. The third-order valence-corrected chi connectivity index (χ3v) is 8.62.